The molecule has 1 aromatic carbocycles. The summed E-state index contributed by atoms with van der Waals surface area (Å²) in [5.41, 5.74) is 2.62. The fourth-order valence-corrected chi connectivity index (χ4v) is 2.76. The Labute approximate surface area is 145 Å². The zero-order chi connectivity index (χ0) is 18.0. The Bertz CT molecular complexity index is 976. The third kappa shape index (κ3) is 3.17. The van der Waals surface area contributed by atoms with E-state index in [4.69, 9.17) is 14.5 Å². The molecule has 2 aromatic heterocycles. The first-order valence-electron chi connectivity index (χ1n) is 7.79. The van der Waals surface area contributed by atoms with Gasteiger partial charge in [-0.2, -0.15) is 5.26 Å². The lowest BCUT2D eigenvalue weighted by Crippen LogP contribution is -2.13. The molecule has 0 atom stereocenters. The van der Waals surface area contributed by atoms with E-state index in [0.717, 1.165) is 11.4 Å². The minimum atomic E-state index is -0.160. The third-order valence-electron chi connectivity index (χ3n) is 3.94. The second-order valence-electron chi connectivity index (χ2n) is 5.74. The van der Waals surface area contributed by atoms with Gasteiger partial charge in [-0.25, -0.2) is 0 Å². The van der Waals surface area contributed by atoms with Crippen molar-refractivity contribution in [3.05, 3.63) is 64.7 Å². The maximum atomic E-state index is 12.6. The number of aromatic nitrogens is 2. The van der Waals surface area contributed by atoms with Crippen LogP contribution in [-0.4, -0.2) is 22.1 Å². The molecule has 3 rings (SSSR count). The van der Waals surface area contributed by atoms with Crippen LogP contribution in [0, 0.1) is 32.1 Å². The van der Waals surface area contributed by atoms with Gasteiger partial charge < -0.3 is 9.26 Å². The van der Waals surface area contributed by atoms with Crippen LogP contribution >= 0.6 is 0 Å². The average molecular weight is 335 g/mol. The summed E-state index contributed by atoms with van der Waals surface area (Å²) in [5.74, 6) is 1.58. The molecule has 0 radical (unpaired) electrons. The van der Waals surface area contributed by atoms with Crippen LogP contribution in [0.25, 0.3) is 5.82 Å². The predicted molar refractivity (Wildman–Crippen MR) is 91.0 cm³/mol. The molecule has 0 N–H and O–H groups in total. The van der Waals surface area contributed by atoms with Gasteiger partial charge in [0.15, 0.2) is 12.4 Å². The van der Waals surface area contributed by atoms with E-state index >= 15 is 0 Å². The van der Waals surface area contributed by atoms with Crippen LogP contribution in [-0.2, 0) is 0 Å². The molecule has 0 aliphatic carbocycles. The summed E-state index contributed by atoms with van der Waals surface area (Å²) < 4.78 is 12.5. The van der Waals surface area contributed by atoms with Crippen molar-refractivity contribution in [3.8, 4) is 17.6 Å². The molecule has 6 heteroatoms. The number of hydrogen-bond acceptors (Lipinski definition) is 5. The van der Waals surface area contributed by atoms with E-state index in [9.17, 15) is 4.79 Å². The van der Waals surface area contributed by atoms with Gasteiger partial charge in [-0.3, -0.25) is 9.36 Å². The lowest BCUT2D eigenvalue weighted by Gasteiger charge is -2.07. The van der Waals surface area contributed by atoms with Gasteiger partial charge in [0.1, 0.15) is 17.6 Å². The molecule has 0 fully saturated rings. The Morgan fingerprint density at radius 2 is 2.04 bits per heavy atom. The molecule has 25 heavy (non-hydrogen) atoms. The molecule has 2 heterocycles. The minimum Gasteiger partial charge on any atom is -0.484 e. The number of carbonyl (C=O) groups is 1. The summed E-state index contributed by atoms with van der Waals surface area (Å²) in [6.07, 6.45) is 0. The monoisotopic (exact) mass is 335 g/mol. The largest absolute Gasteiger partial charge is 0.484 e. The molecule has 126 valence electrons. The Morgan fingerprint density at radius 3 is 2.72 bits per heavy atom. The topological polar surface area (TPSA) is 81.0 Å². The number of ether oxygens (including phenoxy) is 1. The average Bonchev–Trinajstić information content (AvgIpc) is 3.15. The van der Waals surface area contributed by atoms with E-state index in [1.165, 1.54) is 0 Å². The lowest BCUT2D eigenvalue weighted by molar-refractivity contribution is 0.0920. The van der Waals surface area contributed by atoms with Crippen LogP contribution in [0.3, 0.4) is 0 Å². The van der Waals surface area contributed by atoms with Gasteiger partial charge in [0.25, 0.3) is 0 Å². The second kappa shape index (κ2) is 6.65. The molecule has 0 bridgehead atoms. The van der Waals surface area contributed by atoms with Gasteiger partial charge in [-0.05, 0) is 39.0 Å². The van der Waals surface area contributed by atoms with Crippen LogP contribution in [0.5, 0.6) is 5.75 Å². The van der Waals surface area contributed by atoms with E-state index in [0.29, 0.717) is 28.5 Å². The van der Waals surface area contributed by atoms with Crippen LogP contribution in [0.15, 0.2) is 40.9 Å². The first-order chi connectivity index (χ1) is 12.0. The van der Waals surface area contributed by atoms with E-state index in [-0.39, 0.29) is 12.4 Å². The molecular formula is C19H17N3O3. The second-order valence-corrected chi connectivity index (χ2v) is 5.74. The molecule has 0 spiro atoms. The Kier molecular flexibility index (Phi) is 4.40. The number of carbonyl (C=O) groups excluding carboxylic acids is 1. The number of para-hydroxylation sites is 1. The van der Waals surface area contributed by atoms with Gasteiger partial charge in [0.2, 0.25) is 5.78 Å². The Hall–Kier alpha value is -3.33. The Balaban J connectivity index is 1.83. The van der Waals surface area contributed by atoms with Gasteiger partial charge in [0, 0.05) is 23.0 Å². The number of Topliss-reactive ketones (excluding diaryl/α,β-unsaturated/α-hetero) is 1. The third-order valence-corrected chi connectivity index (χ3v) is 3.94. The normalized spacial score (nSPS) is 10.5. The maximum Gasteiger partial charge on any atom is 0.202 e. The number of rotatable bonds is 5. The Morgan fingerprint density at radius 1 is 1.28 bits per heavy atom. The minimum absolute atomic E-state index is 0.138. The first-order valence-corrected chi connectivity index (χ1v) is 7.79. The number of ketones is 1. The molecule has 0 unspecified atom stereocenters. The number of nitriles is 1. The van der Waals surface area contributed by atoms with Crippen molar-refractivity contribution in [2.75, 3.05) is 6.61 Å². The predicted octanol–water partition coefficient (Wildman–Crippen LogP) is 3.52. The van der Waals surface area contributed by atoms with Crippen molar-refractivity contribution in [2.45, 2.75) is 20.8 Å². The smallest absolute Gasteiger partial charge is 0.202 e. The van der Waals surface area contributed by atoms with Gasteiger partial charge >= 0.3 is 0 Å². The summed E-state index contributed by atoms with van der Waals surface area (Å²) >= 11 is 0. The zero-order valence-electron chi connectivity index (χ0n) is 14.2. The van der Waals surface area contributed by atoms with Crippen molar-refractivity contribution in [1.29, 1.82) is 5.26 Å². The van der Waals surface area contributed by atoms with E-state index < -0.39 is 0 Å². The van der Waals surface area contributed by atoms with Gasteiger partial charge in [-0.1, -0.05) is 17.3 Å². The lowest BCUT2D eigenvalue weighted by atomic mass is 10.1. The molecule has 6 nitrogen and oxygen atoms in total. The highest BCUT2D eigenvalue weighted by Crippen LogP contribution is 2.22. The first kappa shape index (κ1) is 16.5. The SMILES string of the molecule is Cc1cc(-n2c(C)cc(C(=O)COc3ccccc3C#N)c2C)no1. The highest BCUT2D eigenvalue weighted by molar-refractivity contribution is 5.98. The molecule has 0 saturated carbocycles. The van der Waals surface area contributed by atoms with Crippen LogP contribution in [0.2, 0.25) is 0 Å². The van der Waals surface area contributed by atoms with Crippen LogP contribution in [0.1, 0.15) is 33.1 Å². The summed E-state index contributed by atoms with van der Waals surface area (Å²) in [6, 6.07) is 12.5. The van der Waals surface area contributed by atoms with Crippen molar-refractivity contribution < 1.29 is 14.1 Å². The summed E-state index contributed by atoms with van der Waals surface area (Å²) in [6.45, 7) is 5.44. The van der Waals surface area contributed by atoms with E-state index in [1.807, 2.05) is 37.5 Å². The fraction of sp³-hybridized carbons (Fsp3) is 0.211. The highest BCUT2D eigenvalue weighted by atomic mass is 16.5. The molecular weight excluding hydrogens is 318 g/mol. The summed E-state index contributed by atoms with van der Waals surface area (Å²) in [5, 5.41) is 13.1. The van der Waals surface area contributed by atoms with E-state index in [1.54, 1.807) is 30.3 Å². The van der Waals surface area contributed by atoms with E-state index in [2.05, 4.69) is 5.16 Å². The molecule has 0 aliphatic heterocycles. The summed E-state index contributed by atoms with van der Waals surface area (Å²) in [4.78, 5) is 12.6. The van der Waals surface area contributed by atoms with Crippen molar-refractivity contribution in [2.24, 2.45) is 0 Å². The number of hydrogen-bond donors (Lipinski definition) is 0. The van der Waals surface area contributed by atoms with Crippen molar-refractivity contribution in [1.82, 2.24) is 9.72 Å². The van der Waals surface area contributed by atoms with Crippen molar-refractivity contribution >= 4 is 5.78 Å². The zero-order valence-corrected chi connectivity index (χ0v) is 14.2. The quantitative estimate of drug-likeness (QED) is 0.666. The highest BCUT2D eigenvalue weighted by Gasteiger charge is 2.19. The van der Waals surface area contributed by atoms with Crippen LogP contribution in [0.4, 0.5) is 0 Å². The molecule has 0 aliphatic rings. The van der Waals surface area contributed by atoms with Gasteiger partial charge in [-0.15, -0.1) is 0 Å². The molecule has 3 aromatic rings. The number of nitrogens with zero attached hydrogens (tertiary/aromatic N) is 3. The molecule has 0 amide bonds. The number of benzene rings is 1. The van der Waals surface area contributed by atoms with Gasteiger partial charge in [0.05, 0.1) is 5.56 Å². The standard InChI is InChI=1S/C19H17N3O3/c1-12-8-16(14(3)22(12)19-9-13(2)25-21-19)17(23)11-24-18-7-5-4-6-15(18)10-20/h4-9H,11H2,1-3H3. The fourth-order valence-electron chi connectivity index (χ4n) is 2.76. The molecule has 0 saturated heterocycles. The van der Waals surface area contributed by atoms with Crippen LogP contribution < -0.4 is 4.74 Å². The number of aryl methyl sites for hydroxylation is 2. The summed E-state index contributed by atoms with van der Waals surface area (Å²) in [7, 11) is 0. The van der Waals surface area contributed by atoms with Crippen molar-refractivity contribution in [3.63, 3.8) is 0 Å². The maximum absolute atomic E-state index is 12.6.